The van der Waals surface area contributed by atoms with Crippen LogP contribution >= 0.6 is 11.8 Å². The van der Waals surface area contributed by atoms with Crippen molar-refractivity contribution in [2.24, 2.45) is 5.73 Å². The molecular formula is C35H27B4N3O5S. The van der Waals surface area contributed by atoms with Crippen molar-refractivity contribution in [2.45, 2.75) is 27.6 Å². The van der Waals surface area contributed by atoms with E-state index in [9.17, 15) is 19.5 Å². The van der Waals surface area contributed by atoms with Crippen molar-refractivity contribution in [3.05, 3.63) is 125 Å². The number of carbonyl (C=O) groups is 3. The number of phenols is 1. The van der Waals surface area contributed by atoms with Gasteiger partial charge in [0, 0.05) is 28.8 Å². The second-order valence-corrected chi connectivity index (χ2v) is 12.5. The van der Waals surface area contributed by atoms with E-state index in [-0.39, 0.29) is 35.0 Å². The molecule has 0 spiro atoms. The zero-order valence-electron chi connectivity index (χ0n) is 25.9. The Bertz CT molecular complexity index is 1910. The lowest BCUT2D eigenvalue weighted by atomic mass is 9.32. The second-order valence-electron chi connectivity index (χ2n) is 11.2. The average molecular weight is 645 g/mol. The van der Waals surface area contributed by atoms with Crippen molar-refractivity contribution in [1.29, 1.82) is 0 Å². The fourth-order valence-corrected chi connectivity index (χ4v) is 6.55. The van der Waals surface area contributed by atoms with Gasteiger partial charge in [0.25, 0.3) is 0 Å². The van der Waals surface area contributed by atoms with Gasteiger partial charge in [-0.3, -0.25) is 19.3 Å². The van der Waals surface area contributed by atoms with Crippen LogP contribution in [0.1, 0.15) is 44.4 Å². The first kappa shape index (κ1) is 34.4. The highest BCUT2D eigenvalue weighted by Crippen LogP contribution is 2.47. The van der Waals surface area contributed by atoms with Crippen LogP contribution in [0.15, 0.2) is 97.1 Å². The molecule has 1 aliphatic heterocycles. The summed E-state index contributed by atoms with van der Waals surface area (Å²) in [5.74, 6) is 4.45. The van der Waals surface area contributed by atoms with Gasteiger partial charge < -0.3 is 20.9 Å². The smallest absolute Gasteiger partial charge is 0.248 e. The zero-order valence-corrected chi connectivity index (χ0v) is 26.7. The summed E-state index contributed by atoms with van der Waals surface area (Å²) in [4.78, 5) is 40.8. The molecule has 48 heavy (non-hydrogen) atoms. The number of rotatable bonds is 9. The van der Waals surface area contributed by atoms with Gasteiger partial charge in [-0.05, 0) is 65.5 Å². The summed E-state index contributed by atoms with van der Waals surface area (Å²) in [6.07, 6.45) is -0.322. The number of phenolic OH excluding ortho intramolecular Hbond substituents is 1. The SMILES string of the molecule is [B]C([B])(NC(=O)C[C@H]1S[C@@H](c2ccc(C#Cc3ccccc3)cc2)N(c2cccc(C(N)=O)c2)C1=O)C([B])([B])c1ccc(O)c(OC)c1. The number of nitrogens with two attached hydrogens (primary N) is 1. The maximum atomic E-state index is 14.0. The first-order valence-corrected chi connectivity index (χ1v) is 15.6. The van der Waals surface area contributed by atoms with Gasteiger partial charge >= 0.3 is 0 Å². The molecule has 0 unspecified atom stereocenters. The monoisotopic (exact) mass is 645 g/mol. The number of nitrogens with one attached hydrogen (secondary N) is 1. The minimum Gasteiger partial charge on any atom is -0.504 e. The molecule has 2 atom stereocenters. The number of primary amides is 1. The molecule has 4 aromatic carbocycles. The van der Waals surface area contributed by atoms with E-state index in [1.54, 1.807) is 18.2 Å². The molecule has 8 nitrogen and oxygen atoms in total. The van der Waals surface area contributed by atoms with Gasteiger partial charge in [0.05, 0.1) is 43.7 Å². The number of nitrogens with zero attached hydrogens (tertiary/aromatic N) is 1. The Hall–Kier alpha value is -4.94. The topological polar surface area (TPSA) is 122 Å². The highest BCUT2D eigenvalue weighted by Gasteiger charge is 2.44. The van der Waals surface area contributed by atoms with Crippen molar-refractivity contribution in [2.75, 3.05) is 12.0 Å². The van der Waals surface area contributed by atoms with Gasteiger partial charge in [-0.15, -0.1) is 11.8 Å². The number of thioether (sulfide) groups is 1. The van der Waals surface area contributed by atoms with E-state index in [1.165, 1.54) is 48.0 Å². The molecule has 1 fully saturated rings. The Labute approximate surface area is 288 Å². The second kappa shape index (κ2) is 14.0. The van der Waals surface area contributed by atoms with E-state index in [4.69, 9.17) is 41.9 Å². The standard InChI is InChI=1S/C35H27B4N3O5S/c1-47-28-19-25(16-17-27(28)43)34(36,37)35(38,39)41-30(44)20-29-32(46)42(26-9-5-8-24(18-26)31(40)45)33(48-29)23-14-12-22(13-15-23)11-10-21-6-3-2-4-7-21/h2-9,12-19,29,33,43H,20H2,1H3,(H2,40,45)(H,41,44)/t29-,33+/m1/s1. The number of anilines is 1. The molecule has 0 saturated carbocycles. The zero-order chi connectivity index (χ0) is 34.6. The van der Waals surface area contributed by atoms with E-state index in [0.29, 0.717) is 5.69 Å². The summed E-state index contributed by atoms with van der Waals surface area (Å²) in [6, 6.07) is 27.5. The molecule has 3 amide bonds. The fraction of sp³-hybridized carbons (Fsp3) is 0.171. The lowest BCUT2D eigenvalue weighted by molar-refractivity contribution is -0.125. The van der Waals surface area contributed by atoms with Crippen LogP contribution < -0.4 is 20.7 Å². The first-order chi connectivity index (χ1) is 22.8. The molecule has 0 aliphatic carbocycles. The lowest BCUT2D eigenvalue weighted by Gasteiger charge is -2.45. The summed E-state index contributed by atoms with van der Waals surface area (Å²) in [7, 11) is 26.5. The summed E-state index contributed by atoms with van der Waals surface area (Å²) < 4.78 is 5.12. The number of ether oxygens (including phenoxy) is 1. The largest absolute Gasteiger partial charge is 0.504 e. The van der Waals surface area contributed by atoms with E-state index < -0.39 is 33.0 Å². The summed E-state index contributed by atoms with van der Waals surface area (Å²) in [5, 5.41) is 6.77. The molecule has 4 aromatic rings. The summed E-state index contributed by atoms with van der Waals surface area (Å²) >= 11 is 1.24. The summed E-state index contributed by atoms with van der Waals surface area (Å²) in [6.45, 7) is 0. The molecule has 0 aromatic heterocycles. The molecule has 1 heterocycles. The average Bonchev–Trinajstić information content (AvgIpc) is 3.39. The molecule has 1 aliphatic rings. The van der Waals surface area contributed by atoms with E-state index >= 15 is 0 Å². The van der Waals surface area contributed by atoms with Crippen LogP contribution in [0.2, 0.25) is 0 Å². The van der Waals surface area contributed by atoms with Crippen molar-refractivity contribution >= 4 is 66.6 Å². The number of aromatic hydroxyl groups is 1. The molecular weight excluding hydrogens is 618 g/mol. The molecule has 1 saturated heterocycles. The third-order valence-electron chi connectivity index (χ3n) is 7.83. The van der Waals surface area contributed by atoms with Crippen LogP contribution in [0.25, 0.3) is 0 Å². The van der Waals surface area contributed by atoms with Gasteiger partial charge in [0.1, 0.15) is 5.37 Å². The third kappa shape index (κ3) is 7.29. The Morgan fingerprint density at radius 1 is 0.938 bits per heavy atom. The van der Waals surface area contributed by atoms with Gasteiger partial charge in [-0.2, -0.15) is 0 Å². The number of benzene rings is 4. The number of hydrogen-bond acceptors (Lipinski definition) is 6. The van der Waals surface area contributed by atoms with Gasteiger partial charge in [-0.1, -0.05) is 65.1 Å². The maximum absolute atomic E-state index is 14.0. The minimum atomic E-state index is -2.19. The van der Waals surface area contributed by atoms with E-state index in [0.717, 1.165) is 16.7 Å². The Balaban J connectivity index is 1.39. The van der Waals surface area contributed by atoms with Crippen molar-refractivity contribution < 1.29 is 24.2 Å². The molecule has 8 radical (unpaired) electrons. The van der Waals surface area contributed by atoms with Gasteiger partial charge in [0.2, 0.25) is 17.7 Å². The normalized spacial score (nSPS) is 16.1. The third-order valence-corrected chi connectivity index (χ3v) is 9.27. The molecule has 13 heteroatoms. The predicted molar refractivity (Wildman–Crippen MR) is 190 cm³/mol. The van der Waals surface area contributed by atoms with Crippen LogP contribution in [-0.4, -0.2) is 71.9 Å². The van der Waals surface area contributed by atoms with Gasteiger partial charge in [0.15, 0.2) is 11.5 Å². The predicted octanol–water partition coefficient (Wildman–Crippen LogP) is 2.73. The number of carbonyl (C=O) groups excluding carboxylic acids is 3. The van der Waals surface area contributed by atoms with E-state index in [1.807, 2.05) is 54.6 Å². The Morgan fingerprint density at radius 2 is 1.60 bits per heavy atom. The maximum Gasteiger partial charge on any atom is 0.248 e. The Kier molecular flexibility index (Phi) is 10.1. The van der Waals surface area contributed by atoms with Crippen molar-refractivity contribution in [3.63, 3.8) is 0 Å². The van der Waals surface area contributed by atoms with Crippen LogP contribution in [-0.2, 0) is 14.8 Å². The van der Waals surface area contributed by atoms with E-state index in [2.05, 4.69) is 17.2 Å². The molecule has 0 bridgehead atoms. The van der Waals surface area contributed by atoms with Crippen molar-refractivity contribution in [1.82, 2.24) is 5.32 Å². The lowest BCUT2D eigenvalue weighted by Crippen LogP contribution is -2.65. The highest BCUT2D eigenvalue weighted by atomic mass is 32.2. The fourth-order valence-electron chi connectivity index (χ4n) is 5.10. The van der Waals surface area contributed by atoms with Crippen LogP contribution in [0.4, 0.5) is 5.69 Å². The number of methoxy groups -OCH3 is 1. The quantitative estimate of drug-likeness (QED) is 0.190. The number of amides is 3. The van der Waals surface area contributed by atoms with Crippen LogP contribution in [0, 0.1) is 11.8 Å². The minimum absolute atomic E-state index is 0.0747. The van der Waals surface area contributed by atoms with Crippen molar-refractivity contribution in [3.8, 4) is 23.3 Å². The Morgan fingerprint density at radius 3 is 2.25 bits per heavy atom. The first-order valence-electron chi connectivity index (χ1n) is 14.7. The number of hydrogen-bond donors (Lipinski definition) is 3. The van der Waals surface area contributed by atoms with Crippen LogP contribution in [0.5, 0.6) is 11.5 Å². The molecule has 4 N–H and O–H groups in total. The molecule has 230 valence electrons. The summed E-state index contributed by atoms with van der Waals surface area (Å²) in [5.41, 5.74) is 8.77. The molecule has 5 rings (SSSR count). The van der Waals surface area contributed by atoms with Crippen LogP contribution in [0.3, 0.4) is 0 Å². The highest BCUT2D eigenvalue weighted by molar-refractivity contribution is 8.01. The van der Waals surface area contributed by atoms with Gasteiger partial charge in [-0.25, -0.2) is 0 Å².